The van der Waals surface area contributed by atoms with Gasteiger partial charge >= 0.3 is 7.12 Å². The van der Waals surface area contributed by atoms with Gasteiger partial charge in [-0.3, -0.25) is 4.72 Å². The number of nitriles is 1. The van der Waals surface area contributed by atoms with Crippen molar-refractivity contribution < 1.29 is 17.7 Å². The highest BCUT2D eigenvalue weighted by Gasteiger charge is 2.51. The van der Waals surface area contributed by atoms with E-state index in [1.807, 2.05) is 33.8 Å². The highest BCUT2D eigenvalue weighted by atomic mass is 32.2. The van der Waals surface area contributed by atoms with E-state index in [4.69, 9.17) is 14.6 Å². The molecule has 0 amide bonds. The van der Waals surface area contributed by atoms with E-state index < -0.39 is 28.3 Å². The van der Waals surface area contributed by atoms with E-state index in [1.165, 1.54) is 6.07 Å². The summed E-state index contributed by atoms with van der Waals surface area (Å²) in [7, 11) is -4.08. The highest BCUT2D eigenvalue weighted by molar-refractivity contribution is 7.92. The largest absolute Gasteiger partial charge is 0.494 e. The molecule has 1 aliphatic rings. The molecule has 1 aliphatic heterocycles. The molecule has 118 valence electrons. The molecule has 0 unspecified atom stereocenters. The third-order valence-electron chi connectivity index (χ3n) is 3.91. The Labute approximate surface area is 131 Å². The van der Waals surface area contributed by atoms with Gasteiger partial charge in [0.15, 0.2) is 0 Å². The third kappa shape index (κ3) is 3.43. The number of hydrogen-bond acceptors (Lipinski definition) is 5. The second-order valence-electron chi connectivity index (χ2n) is 6.42. The van der Waals surface area contributed by atoms with E-state index in [0.717, 1.165) is 6.26 Å². The lowest BCUT2D eigenvalue weighted by Crippen LogP contribution is -2.41. The van der Waals surface area contributed by atoms with Gasteiger partial charge in [-0.05, 0) is 51.4 Å². The van der Waals surface area contributed by atoms with Crippen LogP contribution in [-0.4, -0.2) is 33.0 Å². The van der Waals surface area contributed by atoms with Gasteiger partial charge in [-0.15, -0.1) is 0 Å². The summed E-state index contributed by atoms with van der Waals surface area (Å²) in [6.07, 6.45) is 1.06. The van der Waals surface area contributed by atoms with E-state index in [-0.39, 0.29) is 0 Å². The Kier molecular flexibility index (Phi) is 4.02. The minimum Gasteiger partial charge on any atom is -0.399 e. The molecule has 2 rings (SSSR count). The van der Waals surface area contributed by atoms with Gasteiger partial charge in [-0.2, -0.15) is 5.26 Å². The second-order valence-corrected chi connectivity index (χ2v) is 8.17. The molecule has 6 nitrogen and oxygen atoms in total. The zero-order valence-electron chi connectivity index (χ0n) is 13.3. The second kappa shape index (κ2) is 5.27. The fourth-order valence-corrected chi connectivity index (χ4v) is 2.65. The molecule has 0 atom stereocenters. The molecule has 0 radical (unpaired) electrons. The number of nitrogens with zero attached hydrogens (tertiary/aromatic N) is 1. The van der Waals surface area contributed by atoms with E-state index >= 15 is 0 Å². The van der Waals surface area contributed by atoms with Crippen LogP contribution < -0.4 is 10.2 Å². The third-order valence-corrected chi connectivity index (χ3v) is 4.52. The van der Waals surface area contributed by atoms with Crippen LogP contribution in [0.15, 0.2) is 18.2 Å². The van der Waals surface area contributed by atoms with Crippen molar-refractivity contribution in [1.82, 2.24) is 0 Å². The number of anilines is 1. The summed E-state index contributed by atoms with van der Waals surface area (Å²) in [4.78, 5) is 0. The highest BCUT2D eigenvalue weighted by Crippen LogP contribution is 2.36. The van der Waals surface area contributed by atoms with Gasteiger partial charge in [-0.25, -0.2) is 8.42 Å². The lowest BCUT2D eigenvalue weighted by molar-refractivity contribution is 0.00578. The molecule has 1 aromatic rings. The normalized spacial score (nSPS) is 19.7. The van der Waals surface area contributed by atoms with Crippen LogP contribution in [0.3, 0.4) is 0 Å². The maximum absolute atomic E-state index is 11.4. The van der Waals surface area contributed by atoms with Gasteiger partial charge in [0, 0.05) is 5.69 Å². The fraction of sp³-hybridized carbons (Fsp3) is 0.500. The molecule has 0 saturated carbocycles. The molecule has 8 heteroatoms. The standard InChI is InChI=1S/C14H19BN2O4S/c1-13(2)14(3,4)21-15(20-13)11-6-10(9-16)7-12(8-11)17-22(5,18)19/h6-8,17H,1-5H3. The number of hydrogen-bond donors (Lipinski definition) is 1. The van der Waals surface area contributed by atoms with E-state index in [1.54, 1.807) is 12.1 Å². The molecule has 0 aromatic heterocycles. The Bertz CT molecular complexity index is 722. The van der Waals surface area contributed by atoms with Crippen LogP contribution in [0.25, 0.3) is 0 Å². The topological polar surface area (TPSA) is 88.4 Å². The Morgan fingerprint density at radius 1 is 1.14 bits per heavy atom. The van der Waals surface area contributed by atoms with Crippen molar-refractivity contribution in [1.29, 1.82) is 5.26 Å². The smallest absolute Gasteiger partial charge is 0.399 e. The summed E-state index contributed by atoms with van der Waals surface area (Å²) in [5.74, 6) is 0. The number of benzene rings is 1. The minimum absolute atomic E-state index is 0.311. The number of nitrogens with one attached hydrogen (secondary N) is 1. The van der Waals surface area contributed by atoms with E-state index in [2.05, 4.69) is 4.72 Å². The maximum atomic E-state index is 11.4. The molecular formula is C14H19BN2O4S. The van der Waals surface area contributed by atoms with Gasteiger partial charge in [0.05, 0.1) is 29.1 Å². The first-order valence-corrected chi connectivity index (χ1v) is 8.71. The lowest BCUT2D eigenvalue weighted by Gasteiger charge is -2.32. The van der Waals surface area contributed by atoms with Crippen molar-refractivity contribution in [2.75, 3.05) is 11.0 Å². The molecule has 0 aliphatic carbocycles. The van der Waals surface area contributed by atoms with Crippen molar-refractivity contribution in [3.8, 4) is 6.07 Å². The Hall–Kier alpha value is -1.56. The number of rotatable bonds is 3. The van der Waals surface area contributed by atoms with Crippen molar-refractivity contribution >= 4 is 28.3 Å². The molecule has 1 fully saturated rings. The molecular weight excluding hydrogens is 303 g/mol. The van der Waals surface area contributed by atoms with E-state index in [0.29, 0.717) is 16.7 Å². The first-order valence-electron chi connectivity index (χ1n) is 6.82. The van der Waals surface area contributed by atoms with Crippen LogP contribution >= 0.6 is 0 Å². The van der Waals surface area contributed by atoms with Gasteiger partial charge < -0.3 is 9.31 Å². The predicted molar refractivity (Wildman–Crippen MR) is 85.3 cm³/mol. The van der Waals surface area contributed by atoms with Crippen LogP contribution in [-0.2, 0) is 19.3 Å². The maximum Gasteiger partial charge on any atom is 0.494 e. The SMILES string of the molecule is CC1(C)OB(c2cc(C#N)cc(NS(C)(=O)=O)c2)OC1(C)C. The lowest BCUT2D eigenvalue weighted by atomic mass is 9.78. The Morgan fingerprint density at radius 3 is 2.14 bits per heavy atom. The zero-order valence-corrected chi connectivity index (χ0v) is 14.1. The van der Waals surface area contributed by atoms with Crippen LogP contribution in [0.2, 0.25) is 0 Å². The summed E-state index contributed by atoms with van der Waals surface area (Å²) in [5, 5.41) is 9.12. The Morgan fingerprint density at radius 2 is 1.68 bits per heavy atom. The minimum atomic E-state index is -3.43. The molecule has 0 bridgehead atoms. The predicted octanol–water partition coefficient (Wildman–Crippen LogP) is 1.23. The first kappa shape index (κ1) is 16.8. The van der Waals surface area contributed by atoms with Crippen molar-refractivity contribution in [2.24, 2.45) is 0 Å². The zero-order chi connectivity index (χ0) is 16.8. The van der Waals surface area contributed by atoms with Gasteiger partial charge in [0.2, 0.25) is 10.0 Å². The van der Waals surface area contributed by atoms with Crippen molar-refractivity contribution in [3.05, 3.63) is 23.8 Å². The first-order chi connectivity index (χ1) is 9.93. The quantitative estimate of drug-likeness (QED) is 0.846. The molecule has 0 spiro atoms. The monoisotopic (exact) mass is 322 g/mol. The molecule has 1 saturated heterocycles. The summed E-state index contributed by atoms with van der Waals surface area (Å²) in [6.45, 7) is 7.71. The fourth-order valence-electron chi connectivity index (χ4n) is 2.10. The molecule has 1 aromatic carbocycles. The summed E-state index contributed by atoms with van der Waals surface area (Å²) in [5.41, 5.74) is 0.226. The van der Waals surface area contributed by atoms with Crippen LogP contribution in [0.1, 0.15) is 33.3 Å². The van der Waals surface area contributed by atoms with Crippen molar-refractivity contribution in [3.63, 3.8) is 0 Å². The van der Waals surface area contributed by atoms with Crippen molar-refractivity contribution in [2.45, 2.75) is 38.9 Å². The Balaban J connectivity index is 2.41. The van der Waals surface area contributed by atoms with Crippen LogP contribution in [0, 0.1) is 11.3 Å². The molecule has 1 N–H and O–H groups in total. The summed E-state index contributed by atoms with van der Waals surface area (Å²) in [6, 6.07) is 6.73. The average Bonchev–Trinajstić information content (AvgIpc) is 2.56. The average molecular weight is 322 g/mol. The summed E-state index contributed by atoms with van der Waals surface area (Å²) >= 11 is 0. The van der Waals surface area contributed by atoms with Gasteiger partial charge in [0.1, 0.15) is 0 Å². The van der Waals surface area contributed by atoms with E-state index in [9.17, 15) is 8.42 Å². The van der Waals surface area contributed by atoms with Gasteiger partial charge in [0.25, 0.3) is 0 Å². The summed E-state index contributed by atoms with van der Waals surface area (Å²) < 4.78 is 37.0. The molecule has 22 heavy (non-hydrogen) atoms. The van der Waals surface area contributed by atoms with Crippen LogP contribution in [0.5, 0.6) is 0 Å². The van der Waals surface area contributed by atoms with Gasteiger partial charge in [-0.1, -0.05) is 0 Å². The molecule has 1 heterocycles. The van der Waals surface area contributed by atoms with Crippen LogP contribution in [0.4, 0.5) is 5.69 Å². The number of sulfonamides is 1.